The lowest BCUT2D eigenvalue weighted by molar-refractivity contribution is 0.208. The van der Waals surface area contributed by atoms with Gasteiger partial charge in [-0.2, -0.15) is 0 Å². The molecular weight excluding hydrogens is 348 g/mol. The van der Waals surface area contributed by atoms with Crippen LogP contribution in [0.1, 0.15) is 25.7 Å². The van der Waals surface area contributed by atoms with E-state index >= 15 is 0 Å². The van der Waals surface area contributed by atoms with Crippen molar-refractivity contribution in [3.05, 3.63) is 23.5 Å². The number of hydrogen-bond donors (Lipinski definition) is 2. The summed E-state index contributed by atoms with van der Waals surface area (Å²) < 4.78 is 0. The Hall–Kier alpha value is -2.05. The SMILES string of the molecule is Nc1ncc2[nH]c3ncc(Cl)cc3c2c1N1CCC(N2CCCC2)CC1. The fourth-order valence-corrected chi connectivity index (χ4v) is 4.78. The van der Waals surface area contributed by atoms with E-state index in [-0.39, 0.29) is 0 Å². The molecule has 2 aliphatic rings. The van der Waals surface area contributed by atoms with E-state index in [1.807, 2.05) is 6.07 Å². The average molecular weight is 371 g/mol. The Kier molecular flexibility index (Phi) is 3.90. The maximum absolute atomic E-state index is 6.33. The molecule has 136 valence electrons. The standard InChI is InChI=1S/C19H23ClN6/c20-12-9-14-16-15(24-19(14)23-10-12)11-22-18(21)17(16)26-7-3-13(4-8-26)25-5-1-2-6-25/h9-11,13H,1-8H2,(H2,21,22)(H,23,24). The highest BCUT2D eigenvalue weighted by Gasteiger charge is 2.28. The second-order valence-electron chi connectivity index (χ2n) is 7.42. The molecule has 3 N–H and O–H groups in total. The van der Waals surface area contributed by atoms with Crippen molar-refractivity contribution in [2.45, 2.75) is 31.7 Å². The van der Waals surface area contributed by atoms with Crippen LogP contribution in [0.3, 0.4) is 0 Å². The Morgan fingerprint density at radius 3 is 2.62 bits per heavy atom. The number of rotatable bonds is 2. The maximum atomic E-state index is 6.33. The summed E-state index contributed by atoms with van der Waals surface area (Å²) in [6, 6.07) is 2.67. The number of piperidine rings is 1. The van der Waals surface area contributed by atoms with E-state index in [4.69, 9.17) is 17.3 Å². The molecule has 0 aliphatic carbocycles. The molecule has 0 spiro atoms. The smallest absolute Gasteiger partial charge is 0.147 e. The Morgan fingerprint density at radius 1 is 1.08 bits per heavy atom. The lowest BCUT2D eigenvalue weighted by Gasteiger charge is -2.38. The molecule has 2 fully saturated rings. The first-order valence-corrected chi connectivity index (χ1v) is 9.79. The van der Waals surface area contributed by atoms with Crippen LogP contribution in [-0.2, 0) is 0 Å². The lowest BCUT2D eigenvalue weighted by Crippen LogP contribution is -2.44. The number of fused-ring (bicyclic) bond motifs is 3. The number of aromatic nitrogens is 3. The van der Waals surface area contributed by atoms with Crippen LogP contribution in [-0.4, -0.2) is 52.1 Å². The highest BCUT2D eigenvalue weighted by molar-refractivity contribution is 6.31. The third-order valence-electron chi connectivity index (χ3n) is 5.90. The van der Waals surface area contributed by atoms with Crippen molar-refractivity contribution in [1.82, 2.24) is 19.9 Å². The molecule has 0 bridgehead atoms. The van der Waals surface area contributed by atoms with E-state index in [1.165, 1.54) is 38.8 Å². The van der Waals surface area contributed by atoms with Crippen molar-refractivity contribution in [2.75, 3.05) is 36.8 Å². The number of nitrogens with one attached hydrogen (secondary N) is 1. The van der Waals surface area contributed by atoms with Crippen molar-refractivity contribution < 1.29 is 0 Å². The van der Waals surface area contributed by atoms with Crippen LogP contribution in [0.2, 0.25) is 5.02 Å². The predicted molar refractivity (Wildman–Crippen MR) is 107 cm³/mol. The van der Waals surface area contributed by atoms with E-state index in [2.05, 4.69) is 24.8 Å². The summed E-state index contributed by atoms with van der Waals surface area (Å²) in [6.07, 6.45) is 8.51. The van der Waals surface area contributed by atoms with Crippen molar-refractivity contribution in [2.24, 2.45) is 0 Å². The molecule has 0 saturated carbocycles. The zero-order chi connectivity index (χ0) is 17.7. The first kappa shape index (κ1) is 16.1. The van der Waals surface area contributed by atoms with Gasteiger partial charge in [0, 0.05) is 36.1 Å². The molecule has 0 amide bonds. The fraction of sp³-hybridized carbons (Fsp3) is 0.474. The van der Waals surface area contributed by atoms with Gasteiger partial charge in [0.15, 0.2) is 0 Å². The monoisotopic (exact) mass is 370 g/mol. The van der Waals surface area contributed by atoms with Crippen molar-refractivity contribution in [3.8, 4) is 0 Å². The van der Waals surface area contributed by atoms with Crippen LogP contribution in [0.15, 0.2) is 18.5 Å². The van der Waals surface area contributed by atoms with Gasteiger partial charge in [0.05, 0.1) is 22.4 Å². The summed E-state index contributed by atoms with van der Waals surface area (Å²) in [5.74, 6) is 0.581. The van der Waals surface area contributed by atoms with Gasteiger partial charge in [-0.25, -0.2) is 9.97 Å². The molecule has 3 aromatic rings. The number of pyridine rings is 2. The number of hydrogen-bond acceptors (Lipinski definition) is 5. The molecule has 6 nitrogen and oxygen atoms in total. The number of nitrogen functional groups attached to an aromatic ring is 1. The molecule has 0 atom stereocenters. The quantitative estimate of drug-likeness (QED) is 0.723. The van der Waals surface area contributed by atoms with Crippen LogP contribution in [0.25, 0.3) is 21.9 Å². The topological polar surface area (TPSA) is 74.1 Å². The molecular formula is C19H23ClN6. The zero-order valence-corrected chi connectivity index (χ0v) is 15.5. The van der Waals surface area contributed by atoms with Gasteiger partial charge in [-0.15, -0.1) is 0 Å². The molecule has 2 saturated heterocycles. The summed E-state index contributed by atoms with van der Waals surface area (Å²) in [5.41, 5.74) is 9.14. The largest absolute Gasteiger partial charge is 0.382 e. The number of halogens is 1. The Balaban J connectivity index is 1.53. The second-order valence-corrected chi connectivity index (χ2v) is 7.85. The predicted octanol–water partition coefficient (Wildman–Crippen LogP) is 3.41. The number of H-pyrrole nitrogens is 1. The van der Waals surface area contributed by atoms with Crippen molar-refractivity contribution >= 4 is 45.0 Å². The van der Waals surface area contributed by atoms with Crippen LogP contribution in [0, 0.1) is 0 Å². The van der Waals surface area contributed by atoms with Crippen LogP contribution < -0.4 is 10.6 Å². The van der Waals surface area contributed by atoms with E-state index in [1.54, 1.807) is 12.4 Å². The summed E-state index contributed by atoms with van der Waals surface area (Å²) in [4.78, 5) is 17.2. The molecule has 0 unspecified atom stereocenters. The minimum atomic E-state index is 0.581. The van der Waals surface area contributed by atoms with E-state index in [9.17, 15) is 0 Å². The average Bonchev–Trinajstić information content (AvgIpc) is 3.30. The first-order chi connectivity index (χ1) is 12.7. The molecule has 7 heteroatoms. The van der Waals surface area contributed by atoms with E-state index in [0.29, 0.717) is 16.9 Å². The third-order valence-corrected chi connectivity index (χ3v) is 6.10. The second kappa shape index (κ2) is 6.28. The van der Waals surface area contributed by atoms with Gasteiger partial charge < -0.3 is 20.5 Å². The maximum Gasteiger partial charge on any atom is 0.147 e. The number of nitrogens with zero attached hydrogens (tertiary/aromatic N) is 4. The van der Waals surface area contributed by atoms with Gasteiger partial charge >= 0.3 is 0 Å². The minimum Gasteiger partial charge on any atom is -0.382 e. The summed E-state index contributed by atoms with van der Waals surface area (Å²) in [7, 11) is 0. The summed E-state index contributed by atoms with van der Waals surface area (Å²) in [6.45, 7) is 4.53. The zero-order valence-electron chi connectivity index (χ0n) is 14.7. The van der Waals surface area contributed by atoms with Gasteiger partial charge in [-0.05, 0) is 44.8 Å². The van der Waals surface area contributed by atoms with E-state index in [0.717, 1.165) is 40.7 Å². The molecule has 5 rings (SSSR count). The Bertz CT molecular complexity index is 953. The minimum absolute atomic E-state index is 0.581. The summed E-state index contributed by atoms with van der Waals surface area (Å²) >= 11 is 6.20. The Morgan fingerprint density at radius 2 is 1.85 bits per heavy atom. The van der Waals surface area contributed by atoms with Gasteiger partial charge in [-0.1, -0.05) is 11.6 Å². The van der Waals surface area contributed by atoms with Crippen molar-refractivity contribution in [3.63, 3.8) is 0 Å². The van der Waals surface area contributed by atoms with Crippen LogP contribution in [0.5, 0.6) is 0 Å². The number of likely N-dealkylation sites (tertiary alicyclic amines) is 1. The molecule has 2 aliphatic heterocycles. The normalized spacial score (nSPS) is 19.8. The van der Waals surface area contributed by atoms with Crippen molar-refractivity contribution in [1.29, 1.82) is 0 Å². The van der Waals surface area contributed by atoms with Crippen LogP contribution >= 0.6 is 11.6 Å². The summed E-state index contributed by atoms with van der Waals surface area (Å²) in [5, 5.41) is 2.73. The number of nitrogens with two attached hydrogens (primary N) is 1. The Labute approximate surface area is 157 Å². The highest BCUT2D eigenvalue weighted by atomic mass is 35.5. The third kappa shape index (κ3) is 2.59. The molecule has 26 heavy (non-hydrogen) atoms. The van der Waals surface area contributed by atoms with Crippen LogP contribution in [0.4, 0.5) is 11.5 Å². The number of aromatic amines is 1. The number of anilines is 2. The van der Waals surface area contributed by atoms with Gasteiger partial charge in [0.25, 0.3) is 0 Å². The fourth-order valence-electron chi connectivity index (χ4n) is 4.62. The molecule has 5 heterocycles. The molecule has 3 aromatic heterocycles. The molecule has 0 aromatic carbocycles. The lowest BCUT2D eigenvalue weighted by atomic mass is 10.0. The van der Waals surface area contributed by atoms with Gasteiger partial charge in [0.2, 0.25) is 0 Å². The van der Waals surface area contributed by atoms with E-state index < -0.39 is 0 Å². The van der Waals surface area contributed by atoms with Gasteiger partial charge in [0.1, 0.15) is 11.5 Å². The molecule has 0 radical (unpaired) electrons. The van der Waals surface area contributed by atoms with Gasteiger partial charge in [-0.3, -0.25) is 0 Å². The highest BCUT2D eigenvalue weighted by Crippen LogP contribution is 2.38. The first-order valence-electron chi connectivity index (χ1n) is 9.41.